The molecule has 0 heterocycles. The van der Waals surface area contributed by atoms with E-state index in [9.17, 15) is 0 Å². The monoisotopic (exact) mass is 821 g/mol. The van der Waals surface area contributed by atoms with Crippen molar-refractivity contribution in [1.29, 1.82) is 0 Å². The number of fused-ring (bicyclic) bond motifs is 2. The van der Waals surface area contributed by atoms with E-state index in [1.807, 2.05) is 0 Å². The predicted octanol–water partition coefficient (Wildman–Crippen LogP) is 18.9. The van der Waals surface area contributed by atoms with Gasteiger partial charge in [0, 0.05) is 25.2 Å². The highest BCUT2D eigenvalue weighted by Crippen LogP contribution is 2.49. The quantitative estimate of drug-likeness (QED) is 0.0499. The zero-order valence-electron chi connectivity index (χ0n) is 39.8. The van der Waals surface area contributed by atoms with Gasteiger partial charge in [-0.3, -0.25) is 0 Å². The molecule has 0 N–H and O–H groups in total. The smallest absolute Gasteiger partial charge is 0.216 e. The Morgan fingerprint density at radius 3 is 1.25 bits per heavy atom. The minimum Gasteiger partial charge on any atom is -0.346 e. The Kier molecular flexibility index (Phi) is 25.6. The number of hydrogen-bond acceptors (Lipinski definition) is 2. The van der Waals surface area contributed by atoms with Crippen molar-refractivity contribution in [3.8, 4) is 0 Å². The molecule has 0 fully saturated rings. The summed E-state index contributed by atoms with van der Waals surface area (Å²) in [6, 6.07) is 15.3. The summed E-state index contributed by atoms with van der Waals surface area (Å²) in [5.74, 6) is -0.928. The van der Waals surface area contributed by atoms with Crippen molar-refractivity contribution in [3.05, 3.63) is 89.6 Å². The lowest BCUT2D eigenvalue weighted by atomic mass is 9.70. The van der Waals surface area contributed by atoms with Crippen LogP contribution in [0, 0.1) is 5.41 Å². The first-order valence-corrected chi connectivity index (χ1v) is 26.1. The fourth-order valence-electron chi connectivity index (χ4n) is 10.3. The molecule has 0 atom stereocenters. The van der Waals surface area contributed by atoms with Gasteiger partial charge in [0.05, 0.1) is 0 Å². The van der Waals surface area contributed by atoms with E-state index in [-0.39, 0.29) is 5.41 Å². The molecular formula is C58H92O2. The molecular weight excluding hydrogens is 729 g/mol. The van der Waals surface area contributed by atoms with Crippen LogP contribution in [0.4, 0.5) is 0 Å². The Bertz CT molecular complexity index is 1490. The number of rotatable bonds is 37. The number of allylic oxidation sites excluding steroid dienone is 6. The molecule has 0 aromatic heterocycles. The Morgan fingerprint density at radius 2 is 0.817 bits per heavy atom. The maximum Gasteiger partial charge on any atom is 0.216 e. The van der Waals surface area contributed by atoms with Gasteiger partial charge in [0.1, 0.15) is 0 Å². The summed E-state index contributed by atoms with van der Waals surface area (Å²) in [6.45, 7) is 4.62. The zero-order valence-corrected chi connectivity index (χ0v) is 39.8. The Balaban J connectivity index is 1.28. The number of hydrogen-bond donors (Lipinski definition) is 0. The third-order valence-electron chi connectivity index (χ3n) is 14.1. The van der Waals surface area contributed by atoms with Crippen molar-refractivity contribution in [2.75, 3.05) is 14.2 Å². The number of unbranched alkanes of at least 4 members (excludes halogenated alkanes) is 30. The SMILES string of the molecule is CCCCCCCCCCCCCCCCCCC1(CCCCCCCCCCCCCCCCCC)C=CC2=C(c3cccc4ccccc34)C(OC)(OC)C=CC2=C1. The molecule has 0 aliphatic heterocycles. The summed E-state index contributed by atoms with van der Waals surface area (Å²) in [4.78, 5) is 0. The molecule has 2 aliphatic rings. The second-order valence-corrected chi connectivity index (χ2v) is 19.0. The molecule has 2 aliphatic carbocycles. The summed E-state index contributed by atoms with van der Waals surface area (Å²) in [5.41, 5.74) is 4.99. The van der Waals surface area contributed by atoms with Crippen LogP contribution in [0.5, 0.6) is 0 Å². The van der Waals surface area contributed by atoms with Crippen LogP contribution in [-0.2, 0) is 9.47 Å². The van der Waals surface area contributed by atoms with Crippen LogP contribution in [0.15, 0.2) is 84.0 Å². The van der Waals surface area contributed by atoms with Crippen molar-refractivity contribution in [1.82, 2.24) is 0 Å². The largest absolute Gasteiger partial charge is 0.346 e. The molecule has 2 nitrogen and oxygen atoms in total. The molecule has 0 spiro atoms. The van der Waals surface area contributed by atoms with Gasteiger partial charge in [-0.1, -0.05) is 286 Å². The van der Waals surface area contributed by atoms with Gasteiger partial charge in [-0.15, -0.1) is 0 Å². The van der Waals surface area contributed by atoms with Crippen LogP contribution in [0.3, 0.4) is 0 Å². The van der Waals surface area contributed by atoms with Gasteiger partial charge < -0.3 is 9.47 Å². The second-order valence-electron chi connectivity index (χ2n) is 19.0. The first kappa shape index (κ1) is 50.2. The number of methoxy groups -OCH3 is 2. The van der Waals surface area contributed by atoms with Crippen LogP contribution < -0.4 is 0 Å². The summed E-state index contributed by atoms with van der Waals surface area (Å²) in [6.07, 6.45) is 59.9. The molecule has 0 radical (unpaired) electrons. The van der Waals surface area contributed by atoms with Crippen molar-refractivity contribution < 1.29 is 9.47 Å². The first-order chi connectivity index (χ1) is 29.6. The van der Waals surface area contributed by atoms with Crippen LogP contribution in [-0.4, -0.2) is 20.0 Å². The summed E-state index contributed by atoms with van der Waals surface area (Å²) < 4.78 is 12.5. The normalized spacial score (nSPS) is 15.6. The fourth-order valence-corrected chi connectivity index (χ4v) is 10.3. The minimum atomic E-state index is -0.928. The van der Waals surface area contributed by atoms with E-state index in [1.54, 1.807) is 14.2 Å². The van der Waals surface area contributed by atoms with Crippen LogP contribution in [0.1, 0.15) is 238 Å². The van der Waals surface area contributed by atoms with Crippen LogP contribution in [0.25, 0.3) is 16.3 Å². The van der Waals surface area contributed by atoms with E-state index in [1.165, 1.54) is 246 Å². The Labute approximate surface area is 371 Å². The van der Waals surface area contributed by atoms with Gasteiger partial charge in [0.15, 0.2) is 0 Å². The zero-order chi connectivity index (χ0) is 42.4. The highest BCUT2D eigenvalue weighted by atomic mass is 16.7. The average Bonchev–Trinajstić information content (AvgIpc) is 3.28. The summed E-state index contributed by atoms with van der Waals surface area (Å²) in [7, 11) is 3.55. The Morgan fingerprint density at radius 1 is 0.417 bits per heavy atom. The molecule has 2 heteroatoms. The van der Waals surface area contributed by atoms with Crippen molar-refractivity contribution in [3.63, 3.8) is 0 Å². The second kappa shape index (κ2) is 30.6. The van der Waals surface area contributed by atoms with Gasteiger partial charge in [-0.25, -0.2) is 0 Å². The van der Waals surface area contributed by atoms with Crippen LogP contribution in [0.2, 0.25) is 0 Å². The van der Waals surface area contributed by atoms with E-state index >= 15 is 0 Å². The fraction of sp³-hybridized carbons (Fsp3) is 0.690. The molecule has 336 valence electrons. The van der Waals surface area contributed by atoms with Crippen molar-refractivity contribution in [2.24, 2.45) is 5.41 Å². The predicted molar refractivity (Wildman–Crippen MR) is 265 cm³/mol. The molecule has 0 amide bonds. The standard InChI is InChI=1S/C58H92O2/c1-5-7-9-11-13-15-17-19-21-23-25-27-29-31-33-37-46-57(47-38-34-32-30-28-26-24-22-20-18-16-14-12-10-8-6-2)48-45-54-52(50-57)44-49-58(59-3,60-4)56(54)55-43-39-41-51-40-35-36-42-53(51)55/h35-36,39-45,48-50H,5-34,37-38,46-47H2,1-4H3. The van der Waals surface area contributed by atoms with E-state index < -0.39 is 5.79 Å². The van der Waals surface area contributed by atoms with E-state index in [4.69, 9.17) is 9.47 Å². The minimum absolute atomic E-state index is 0.110. The third-order valence-corrected chi connectivity index (χ3v) is 14.1. The molecule has 0 bridgehead atoms. The van der Waals surface area contributed by atoms with Crippen molar-refractivity contribution in [2.45, 2.75) is 238 Å². The van der Waals surface area contributed by atoms with E-state index in [0.29, 0.717) is 0 Å². The first-order valence-electron chi connectivity index (χ1n) is 26.1. The topological polar surface area (TPSA) is 18.5 Å². The summed E-state index contributed by atoms with van der Waals surface area (Å²) in [5, 5.41) is 2.48. The van der Waals surface area contributed by atoms with Gasteiger partial charge in [-0.05, 0) is 46.4 Å². The third kappa shape index (κ3) is 17.4. The molecule has 0 saturated heterocycles. The van der Waals surface area contributed by atoms with E-state index in [2.05, 4.69) is 86.7 Å². The highest BCUT2D eigenvalue weighted by Gasteiger charge is 2.40. The molecule has 0 unspecified atom stereocenters. The molecule has 4 rings (SSSR count). The van der Waals surface area contributed by atoms with Crippen molar-refractivity contribution >= 4 is 16.3 Å². The Hall–Kier alpha value is -2.42. The molecule has 2 aromatic rings. The maximum atomic E-state index is 6.24. The molecule has 60 heavy (non-hydrogen) atoms. The number of ether oxygens (including phenoxy) is 2. The van der Waals surface area contributed by atoms with Gasteiger partial charge in [0.25, 0.3) is 0 Å². The lowest BCUT2D eigenvalue weighted by Gasteiger charge is -2.39. The molecule has 2 aromatic carbocycles. The molecule has 0 saturated carbocycles. The lowest BCUT2D eigenvalue weighted by Crippen LogP contribution is -2.36. The van der Waals surface area contributed by atoms with E-state index in [0.717, 1.165) is 5.57 Å². The maximum absolute atomic E-state index is 6.24. The lowest BCUT2D eigenvalue weighted by molar-refractivity contribution is -0.125. The average molecular weight is 821 g/mol. The van der Waals surface area contributed by atoms with Crippen LogP contribution >= 0.6 is 0 Å². The van der Waals surface area contributed by atoms with Gasteiger partial charge >= 0.3 is 0 Å². The highest BCUT2D eigenvalue weighted by molar-refractivity contribution is 5.98. The van der Waals surface area contributed by atoms with Gasteiger partial charge in [0.2, 0.25) is 5.79 Å². The summed E-state index contributed by atoms with van der Waals surface area (Å²) >= 11 is 0. The number of benzene rings is 2. The van der Waals surface area contributed by atoms with Gasteiger partial charge in [-0.2, -0.15) is 0 Å².